The zero-order valence-corrected chi connectivity index (χ0v) is 11.8. The standard InChI is InChI=1S/C16H17F2NO2/c1-11-4-3-5-12(2)19(11)9-8-13-6-7-15(14(20)10-13)21-16(17)18/h3-11,16,20H,1-2H3/b9-8+. The molecule has 1 aliphatic rings. The smallest absolute Gasteiger partial charge is 0.387 e. The van der Waals surface area contributed by atoms with E-state index in [1.807, 2.05) is 25.3 Å². The topological polar surface area (TPSA) is 32.7 Å². The number of allylic oxidation sites excluding steroid dienone is 3. The average molecular weight is 293 g/mol. The molecule has 0 bridgehead atoms. The van der Waals surface area contributed by atoms with E-state index in [2.05, 4.69) is 22.6 Å². The lowest BCUT2D eigenvalue weighted by Crippen LogP contribution is -2.26. The Kier molecular flexibility index (Phi) is 4.62. The minimum Gasteiger partial charge on any atom is -0.504 e. The number of halogens is 2. The summed E-state index contributed by atoms with van der Waals surface area (Å²) in [5.74, 6) is -0.538. The Labute approximate surface area is 122 Å². The van der Waals surface area contributed by atoms with Gasteiger partial charge in [0.2, 0.25) is 0 Å². The fraction of sp³-hybridized carbons (Fsp3) is 0.250. The van der Waals surface area contributed by atoms with Crippen molar-refractivity contribution in [1.29, 1.82) is 0 Å². The second-order valence-corrected chi connectivity index (χ2v) is 4.76. The first-order valence-corrected chi connectivity index (χ1v) is 6.57. The van der Waals surface area contributed by atoms with Gasteiger partial charge < -0.3 is 14.7 Å². The van der Waals surface area contributed by atoms with E-state index >= 15 is 0 Å². The Balaban J connectivity index is 2.13. The van der Waals surface area contributed by atoms with Gasteiger partial charge in [-0.15, -0.1) is 0 Å². The summed E-state index contributed by atoms with van der Waals surface area (Å²) in [6, 6.07) is 4.56. The third kappa shape index (κ3) is 3.84. The molecule has 1 aromatic carbocycles. The molecule has 21 heavy (non-hydrogen) atoms. The van der Waals surface area contributed by atoms with E-state index in [-0.39, 0.29) is 17.5 Å². The number of nitrogens with zero attached hydrogens (tertiary/aromatic N) is 1. The number of benzene rings is 1. The predicted molar refractivity (Wildman–Crippen MR) is 78.0 cm³/mol. The number of phenolic OH excluding ortho intramolecular Hbond substituents is 1. The Morgan fingerprint density at radius 1 is 1.38 bits per heavy atom. The van der Waals surface area contributed by atoms with Crippen LogP contribution < -0.4 is 4.74 Å². The largest absolute Gasteiger partial charge is 0.504 e. The summed E-state index contributed by atoms with van der Waals surface area (Å²) in [5.41, 5.74) is 1.80. The van der Waals surface area contributed by atoms with E-state index in [0.29, 0.717) is 5.56 Å². The monoisotopic (exact) mass is 293 g/mol. The highest BCUT2D eigenvalue weighted by Crippen LogP contribution is 2.29. The van der Waals surface area contributed by atoms with Crippen LogP contribution in [0.15, 0.2) is 48.3 Å². The summed E-state index contributed by atoms with van der Waals surface area (Å²) in [4.78, 5) is 2.07. The van der Waals surface area contributed by atoms with Gasteiger partial charge in [0.15, 0.2) is 11.5 Å². The Hall–Kier alpha value is -2.30. The Bertz CT molecular complexity index is 594. The van der Waals surface area contributed by atoms with Crippen LogP contribution in [0.4, 0.5) is 8.78 Å². The number of alkyl halides is 2. The summed E-state index contributed by atoms with van der Waals surface area (Å²) in [6.07, 6.45) is 9.77. The maximum atomic E-state index is 12.1. The maximum Gasteiger partial charge on any atom is 0.387 e. The van der Waals surface area contributed by atoms with Gasteiger partial charge in [-0.05, 0) is 43.7 Å². The van der Waals surface area contributed by atoms with Crippen molar-refractivity contribution in [2.75, 3.05) is 0 Å². The first kappa shape index (κ1) is 15.1. The fourth-order valence-electron chi connectivity index (χ4n) is 2.11. The molecule has 0 amide bonds. The summed E-state index contributed by atoms with van der Waals surface area (Å²) in [5, 5.41) is 9.65. The van der Waals surface area contributed by atoms with Crippen molar-refractivity contribution in [3.05, 3.63) is 53.9 Å². The molecule has 3 nitrogen and oxygen atoms in total. The Morgan fingerprint density at radius 3 is 2.76 bits per heavy atom. The highest BCUT2D eigenvalue weighted by molar-refractivity contribution is 5.55. The molecule has 1 unspecified atom stereocenters. The van der Waals surface area contributed by atoms with E-state index in [1.165, 1.54) is 12.1 Å². The van der Waals surface area contributed by atoms with Crippen molar-refractivity contribution < 1.29 is 18.6 Å². The van der Waals surface area contributed by atoms with Crippen LogP contribution in [-0.4, -0.2) is 22.7 Å². The number of hydrogen-bond donors (Lipinski definition) is 1. The maximum absolute atomic E-state index is 12.1. The molecular formula is C16H17F2NO2. The third-order valence-electron chi connectivity index (χ3n) is 3.20. The highest BCUT2D eigenvalue weighted by atomic mass is 19.3. The summed E-state index contributed by atoms with van der Waals surface area (Å²) >= 11 is 0. The van der Waals surface area contributed by atoms with Crippen LogP contribution in [0, 0.1) is 0 Å². The molecule has 0 aliphatic carbocycles. The van der Waals surface area contributed by atoms with E-state index in [1.54, 1.807) is 12.1 Å². The van der Waals surface area contributed by atoms with Gasteiger partial charge in [0.05, 0.1) is 0 Å². The van der Waals surface area contributed by atoms with Crippen molar-refractivity contribution in [2.24, 2.45) is 0 Å². The molecule has 1 heterocycles. The van der Waals surface area contributed by atoms with Crippen LogP contribution in [0.1, 0.15) is 19.4 Å². The second-order valence-electron chi connectivity index (χ2n) is 4.76. The molecule has 1 aliphatic heterocycles. The van der Waals surface area contributed by atoms with Crippen molar-refractivity contribution in [3.63, 3.8) is 0 Å². The van der Waals surface area contributed by atoms with Crippen LogP contribution in [0.25, 0.3) is 6.08 Å². The van der Waals surface area contributed by atoms with Crippen LogP contribution in [0.5, 0.6) is 11.5 Å². The highest BCUT2D eigenvalue weighted by Gasteiger charge is 2.12. The quantitative estimate of drug-likeness (QED) is 0.906. The number of rotatable bonds is 4. The van der Waals surface area contributed by atoms with Crippen molar-refractivity contribution in [3.8, 4) is 11.5 Å². The minimum atomic E-state index is -2.95. The zero-order chi connectivity index (χ0) is 15.4. The van der Waals surface area contributed by atoms with E-state index < -0.39 is 6.61 Å². The number of ether oxygens (including phenoxy) is 1. The minimum absolute atomic E-state index is 0.229. The molecule has 1 atom stereocenters. The van der Waals surface area contributed by atoms with Gasteiger partial charge in [-0.25, -0.2) is 0 Å². The van der Waals surface area contributed by atoms with Gasteiger partial charge in [0.25, 0.3) is 0 Å². The lowest BCUT2D eigenvalue weighted by atomic mass is 10.1. The molecule has 0 aromatic heterocycles. The van der Waals surface area contributed by atoms with E-state index in [4.69, 9.17) is 0 Å². The van der Waals surface area contributed by atoms with Crippen LogP contribution in [-0.2, 0) is 0 Å². The van der Waals surface area contributed by atoms with Crippen LogP contribution in [0.3, 0.4) is 0 Å². The van der Waals surface area contributed by atoms with Gasteiger partial charge in [0, 0.05) is 17.9 Å². The molecule has 1 aromatic rings. The van der Waals surface area contributed by atoms with Crippen molar-refractivity contribution in [2.45, 2.75) is 26.5 Å². The lowest BCUT2D eigenvalue weighted by Gasteiger charge is -2.28. The van der Waals surface area contributed by atoms with E-state index in [0.717, 1.165) is 5.70 Å². The van der Waals surface area contributed by atoms with E-state index in [9.17, 15) is 13.9 Å². The molecule has 0 radical (unpaired) electrons. The molecule has 0 fully saturated rings. The fourth-order valence-corrected chi connectivity index (χ4v) is 2.11. The zero-order valence-electron chi connectivity index (χ0n) is 11.8. The Morgan fingerprint density at radius 2 is 2.14 bits per heavy atom. The molecule has 0 spiro atoms. The predicted octanol–water partition coefficient (Wildman–Crippen LogP) is 4.13. The molecule has 112 valence electrons. The lowest BCUT2D eigenvalue weighted by molar-refractivity contribution is -0.0512. The van der Waals surface area contributed by atoms with Gasteiger partial charge in [-0.2, -0.15) is 8.78 Å². The molecule has 2 rings (SSSR count). The third-order valence-corrected chi connectivity index (χ3v) is 3.20. The number of hydrogen-bond acceptors (Lipinski definition) is 3. The van der Waals surface area contributed by atoms with Crippen LogP contribution >= 0.6 is 0 Å². The number of aromatic hydroxyl groups is 1. The van der Waals surface area contributed by atoms with Gasteiger partial charge in [-0.3, -0.25) is 0 Å². The molecular weight excluding hydrogens is 276 g/mol. The SMILES string of the molecule is CC1=CC=CC(C)N1/C=C/c1ccc(OC(F)F)c(O)c1. The van der Waals surface area contributed by atoms with Gasteiger partial charge in [0.1, 0.15) is 0 Å². The van der Waals surface area contributed by atoms with Crippen LogP contribution in [0.2, 0.25) is 0 Å². The second kappa shape index (κ2) is 6.43. The first-order valence-electron chi connectivity index (χ1n) is 6.57. The first-order chi connectivity index (χ1) is 9.97. The molecule has 5 heteroatoms. The molecule has 0 saturated heterocycles. The average Bonchev–Trinajstić information content (AvgIpc) is 2.41. The normalized spacial score (nSPS) is 18.4. The summed E-state index contributed by atoms with van der Waals surface area (Å²) in [7, 11) is 0. The summed E-state index contributed by atoms with van der Waals surface area (Å²) < 4.78 is 28.4. The summed E-state index contributed by atoms with van der Waals surface area (Å²) in [6.45, 7) is 1.11. The molecule has 1 N–H and O–H groups in total. The van der Waals surface area contributed by atoms with Crippen molar-refractivity contribution >= 4 is 6.08 Å². The molecule has 0 saturated carbocycles. The number of phenols is 1. The van der Waals surface area contributed by atoms with Gasteiger partial charge in [-0.1, -0.05) is 18.2 Å². The van der Waals surface area contributed by atoms with Crippen molar-refractivity contribution in [1.82, 2.24) is 4.90 Å². The van der Waals surface area contributed by atoms with Gasteiger partial charge >= 0.3 is 6.61 Å².